The summed E-state index contributed by atoms with van der Waals surface area (Å²) in [4.78, 5) is 53.1. The number of carbonyl (C=O) groups excluding carboxylic acids is 4. The number of hydrogen-bond donors (Lipinski definition) is 6. The Bertz CT molecular complexity index is 1700. The minimum absolute atomic E-state index is 0.0384. The van der Waals surface area contributed by atoms with Crippen LogP contribution in [0.15, 0.2) is 53.1 Å². The first kappa shape index (κ1) is 35.5. The van der Waals surface area contributed by atoms with Crippen LogP contribution in [0.2, 0.25) is 0 Å². The van der Waals surface area contributed by atoms with Gasteiger partial charge in [0.05, 0.1) is 6.04 Å². The number of rotatable bonds is 14. The van der Waals surface area contributed by atoms with Crippen LogP contribution in [0.25, 0.3) is 10.8 Å². The average Bonchev–Trinajstić information content (AvgIpc) is 3.46. The molecule has 0 bridgehead atoms. The first-order valence-corrected chi connectivity index (χ1v) is 17.0. The molecule has 0 saturated carbocycles. The Morgan fingerprint density at radius 3 is 2.40 bits per heavy atom. The number of carbonyl (C=O) groups is 4. The summed E-state index contributed by atoms with van der Waals surface area (Å²) in [7, 11) is -5.03. The largest absolute Gasteiger partial charge is 0.374 e. The summed E-state index contributed by atoms with van der Waals surface area (Å²) in [6, 6.07) is 10.6. The first-order valence-electron chi connectivity index (χ1n) is 15.5. The highest BCUT2D eigenvalue weighted by Gasteiger charge is 2.38. The van der Waals surface area contributed by atoms with Gasteiger partial charge in [-0.3, -0.25) is 23.7 Å². The third kappa shape index (κ3) is 9.59. The molecule has 1 fully saturated rings. The second-order valence-electron chi connectivity index (χ2n) is 12.3. The van der Waals surface area contributed by atoms with Crippen LogP contribution >= 0.6 is 0 Å². The van der Waals surface area contributed by atoms with Crippen LogP contribution in [0.3, 0.4) is 0 Å². The Kier molecular flexibility index (Phi) is 11.7. The zero-order valence-electron chi connectivity index (χ0n) is 26.4. The number of amides is 4. The molecule has 6 N–H and O–H groups in total. The number of hydrogen-bond acceptors (Lipinski definition) is 9. The Balaban J connectivity index is 1.60. The van der Waals surface area contributed by atoms with E-state index < -0.39 is 57.3 Å². The van der Waals surface area contributed by atoms with E-state index in [1.807, 2.05) is 56.3 Å². The van der Waals surface area contributed by atoms with Gasteiger partial charge in [0.1, 0.15) is 17.8 Å². The molecule has 0 spiro atoms. The van der Waals surface area contributed by atoms with Gasteiger partial charge in [0.25, 0.3) is 16.0 Å². The van der Waals surface area contributed by atoms with Crippen molar-refractivity contribution in [3.8, 4) is 0 Å². The van der Waals surface area contributed by atoms with E-state index in [9.17, 15) is 37.3 Å². The van der Waals surface area contributed by atoms with Crippen LogP contribution in [0, 0.1) is 18.8 Å². The second-order valence-corrected chi connectivity index (χ2v) is 13.8. The fourth-order valence-corrected chi connectivity index (χ4v) is 6.28. The van der Waals surface area contributed by atoms with Crippen LogP contribution in [0.4, 0.5) is 0 Å². The maximum atomic E-state index is 13.9. The molecule has 1 aromatic heterocycles. The van der Waals surface area contributed by atoms with Crippen molar-refractivity contribution in [2.75, 3.05) is 6.54 Å². The first-order chi connectivity index (χ1) is 22.2. The summed E-state index contributed by atoms with van der Waals surface area (Å²) < 4.78 is 38.4. The number of aromatic nitrogens is 1. The molecule has 2 heterocycles. The van der Waals surface area contributed by atoms with E-state index in [-0.39, 0.29) is 36.8 Å². The van der Waals surface area contributed by atoms with Gasteiger partial charge in [-0.25, -0.2) is 0 Å². The number of piperidine rings is 1. The van der Waals surface area contributed by atoms with E-state index in [0.29, 0.717) is 25.1 Å². The van der Waals surface area contributed by atoms with Gasteiger partial charge in [-0.05, 0) is 54.9 Å². The van der Waals surface area contributed by atoms with Crippen molar-refractivity contribution in [1.82, 2.24) is 26.4 Å². The lowest BCUT2D eigenvalue weighted by atomic mass is 9.91. The standard InChI is InChI=1S/C32H41N5O9S/c1-18(2)14-24(29(39)36-27(32(42)47(43,44)45)17-22-11-7-13-33-28(22)38)34-30(40)25(35-31(41)26-15-19(3)46-37-26)16-21-10-6-9-20-8-4-5-12-23(20)21/h4-6,8-10,12,15,18,22,24-25,27,32,42H,7,11,13-14,16-17H2,1-3H3,(H,33,38)(H,34,40)(H,35,41)(H,36,39)(H,43,44,45)/t22-,24+,25?,27+,32?/m0/s1. The van der Waals surface area contributed by atoms with Crippen molar-refractivity contribution in [1.29, 1.82) is 0 Å². The molecule has 0 aliphatic carbocycles. The summed E-state index contributed by atoms with van der Waals surface area (Å²) in [6.07, 6.45) is 0.893. The van der Waals surface area contributed by atoms with Crippen molar-refractivity contribution in [2.24, 2.45) is 11.8 Å². The number of fused-ring (bicyclic) bond motifs is 1. The Morgan fingerprint density at radius 1 is 1.04 bits per heavy atom. The quantitative estimate of drug-likeness (QED) is 0.136. The van der Waals surface area contributed by atoms with E-state index in [0.717, 1.165) is 16.3 Å². The molecule has 4 amide bonds. The maximum absolute atomic E-state index is 13.9. The SMILES string of the molecule is Cc1cc(C(=O)NC(Cc2cccc3ccccc23)C(=O)N[C@H](CC(C)C)C(=O)N[C@H](C[C@@H]2CCCNC2=O)C(O)S(=O)(=O)O)no1. The van der Waals surface area contributed by atoms with Gasteiger partial charge in [0.15, 0.2) is 5.69 Å². The third-order valence-corrected chi connectivity index (χ3v) is 8.98. The normalized spacial score (nSPS) is 17.7. The molecule has 4 rings (SSSR count). The number of benzene rings is 2. The molecule has 2 aromatic carbocycles. The Morgan fingerprint density at radius 2 is 1.74 bits per heavy atom. The van der Waals surface area contributed by atoms with E-state index >= 15 is 0 Å². The molecule has 254 valence electrons. The van der Waals surface area contributed by atoms with Crippen molar-refractivity contribution in [2.45, 2.75) is 76.4 Å². The van der Waals surface area contributed by atoms with E-state index in [1.54, 1.807) is 6.92 Å². The topological polar surface area (TPSA) is 217 Å². The molecule has 47 heavy (non-hydrogen) atoms. The third-order valence-electron chi connectivity index (χ3n) is 8.04. The van der Waals surface area contributed by atoms with E-state index in [1.165, 1.54) is 6.07 Å². The molecular weight excluding hydrogens is 630 g/mol. The highest BCUT2D eigenvalue weighted by molar-refractivity contribution is 7.86. The molecule has 3 aromatic rings. The summed E-state index contributed by atoms with van der Waals surface area (Å²) in [5.41, 5.74) is -1.70. The highest BCUT2D eigenvalue weighted by Crippen LogP contribution is 2.22. The summed E-state index contributed by atoms with van der Waals surface area (Å²) in [6.45, 7) is 5.69. The fraction of sp³-hybridized carbons (Fsp3) is 0.469. The minimum Gasteiger partial charge on any atom is -0.374 e. The van der Waals surface area contributed by atoms with Crippen molar-refractivity contribution in [3.63, 3.8) is 0 Å². The lowest BCUT2D eigenvalue weighted by Crippen LogP contribution is -2.58. The lowest BCUT2D eigenvalue weighted by Gasteiger charge is -2.30. The van der Waals surface area contributed by atoms with Crippen LogP contribution < -0.4 is 21.3 Å². The zero-order valence-corrected chi connectivity index (χ0v) is 27.2. The molecule has 15 heteroatoms. The van der Waals surface area contributed by atoms with Crippen LogP contribution in [-0.2, 0) is 30.9 Å². The van der Waals surface area contributed by atoms with Crippen LogP contribution in [0.5, 0.6) is 0 Å². The number of nitrogens with one attached hydrogen (secondary N) is 4. The number of nitrogens with zero attached hydrogens (tertiary/aromatic N) is 1. The van der Waals surface area contributed by atoms with Gasteiger partial charge in [0, 0.05) is 24.9 Å². The van der Waals surface area contributed by atoms with Gasteiger partial charge < -0.3 is 30.9 Å². The maximum Gasteiger partial charge on any atom is 0.294 e. The van der Waals surface area contributed by atoms with E-state index in [4.69, 9.17) is 4.52 Å². The van der Waals surface area contributed by atoms with Gasteiger partial charge in [0.2, 0.25) is 23.2 Å². The number of aliphatic hydroxyl groups excluding tert-OH is 1. The monoisotopic (exact) mass is 671 g/mol. The molecule has 2 unspecified atom stereocenters. The zero-order chi connectivity index (χ0) is 34.3. The smallest absolute Gasteiger partial charge is 0.294 e. The number of aliphatic hydroxyl groups is 1. The van der Waals surface area contributed by atoms with Crippen molar-refractivity contribution in [3.05, 3.63) is 65.5 Å². The molecule has 5 atom stereocenters. The van der Waals surface area contributed by atoms with Crippen LogP contribution in [-0.4, -0.2) is 77.0 Å². The minimum atomic E-state index is -5.03. The summed E-state index contributed by atoms with van der Waals surface area (Å²) >= 11 is 0. The Labute approximate surface area is 272 Å². The van der Waals surface area contributed by atoms with Gasteiger partial charge in [-0.15, -0.1) is 0 Å². The lowest BCUT2D eigenvalue weighted by molar-refractivity contribution is -0.131. The molecule has 1 saturated heterocycles. The van der Waals surface area contributed by atoms with Crippen molar-refractivity contribution < 1.29 is 41.8 Å². The highest BCUT2D eigenvalue weighted by atomic mass is 32.2. The van der Waals surface area contributed by atoms with Gasteiger partial charge in [-0.1, -0.05) is 61.5 Å². The van der Waals surface area contributed by atoms with Gasteiger partial charge in [-0.2, -0.15) is 8.42 Å². The summed E-state index contributed by atoms with van der Waals surface area (Å²) in [5.74, 6) is -3.03. The second kappa shape index (κ2) is 15.5. The Hall–Kier alpha value is -4.34. The average molecular weight is 672 g/mol. The molecule has 14 nitrogen and oxygen atoms in total. The van der Waals surface area contributed by atoms with Crippen LogP contribution in [0.1, 0.15) is 61.3 Å². The predicted octanol–water partition coefficient (Wildman–Crippen LogP) is 1.62. The fourth-order valence-electron chi connectivity index (χ4n) is 5.68. The molecule has 1 aliphatic rings. The predicted molar refractivity (Wildman–Crippen MR) is 171 cm³/mol. The molecule has 0 radical (unpaired) electrons. The van der Waals surface area contributed by atoms with Crippen molar-refractivity contribution >= 4 is 44.5 Å². The van der Waals surface area contributed by atoms with Gasteiger partial charge >= 0.3 is 0 Å². The summed E-state index contributed by atoms with van der Waals surface area (Å²) in [5, 5.41) is 26.5. The molecular formula is C32H41N5O9S. The van der Waals surface area contributed by atoms with E-state index in [2.05, 4.69) is 26.4 Å². The molecule has 1 aliphatic heterocycles. The number of aryl methyl sites for hydroxylation is 1.